The number of carboxylic acid groups (broad SMARTS) is 1. The first kappa shape index (κ1) is 41.1. The molecule has 0 atom stereocenters. The number of carboxylic acids is 1. The molecule has 0 radical (unpaired) electrons. The second kappa shape index (κ2) is 18.5. The summed E-state index contributed by atoms with van der Waals surface area (Å²) < 4.78 is 1.75. The van der Waals surface area contributed by atoms with E-state index in [4.69, 9.17) is 5.11 Å². The van der Waals surface area contributed by atoms with Crippen molar-refractivity contribution in [2.24, 2.45) is 5.41 Å². The molecule has 55 heavy (non-hydrogen) atoms. The smallest absolute Gasteiger partial charge is 0.303 e. The third-order valence-electron chi connectivity index (χ3n) is 10.6. The van der Waals surface area contributed by atoms with Crippen LogP contribution in [0.5, 0.6) is 0 Å². The molecule has 2 heterocycles. The highest BCUT2D eigenvalue weighted by molar-refractivity contribution is 7.17. The van der Waals surface area contributed by atoms with Gasteiger partial charge in [-0.3, -0.25) is 28.8 Å². The summed E-state index contributed by atoms with van der Waals surface area (Å²) in [7, 11) is 1.70. The molecule has 4 aromatic rings. The summed E-state index contributed by atoms with van der Waals surface area (Å²) >= 11 is 1.49. The zero-order valence-electron chi connectivity index (χ0n) is 32.6. The lowest BCUT2D eigenvalue weighted by Crippen LogP contribution is -2.41. The van der Waals surface area contributed by atoms with Gasteiger partial charge in [-0.1, -0.05) is 52.0 Å². The van der Waals surface area contributed by atoms with E-state index in [1.165, 1.54) is 11.3 Å². The molecule has 0 saturated carbocycles. The molecule has 0 fully saturated rings. The predicted octanol–water partition coefficient (Wildman–Crippen LogP) is 7.37. The molecule has 0 bridgehead atoms. The minimum absolute atomic E-state index is 0.0315. The van der Waals surface area contributed by atoms with E-state index in [-0.39, 0.29) is 41.9 Å². The van der Waals surface area contributed by atoms with Gasteiger partial charge in [0.05, 0.1) is 35.4 Å². The van der Waals surface area contributed by atoms with Crippen LogP contribution >= 0.6 is 11.3 Å². The van der Waals surface area contributed by atoms with Crippen LogP contribution in [0.25, 0.3) is 0 Å². The van der Waals surface area contributed by atoms with Gasteiger partial charge in [-0.2, -0.15) is 10.4 Å². The van der Waals surface area contributed by atoms with E-state index in [2.05, 4.69) is 49.1 Å². The maximum Gasteiger partial charge on any atom is 0.303 e. The molecule has 2 amide bonds. The molecule has 2 N–H and O–H groups in total. The number of nitrogens with one attached hydrogen (secondary N) is 1. The molecule has 0 aliphatic heterocycles. The van der Waals surface area contributed by atoms with Gasteiger partial charge in [0, 0.05) is 62.3 Å². The number of likely N-dealkylation sites (N-methyl/N-ethyl adjacent to an activating group) is 1. The Morgan fingerprint density at radius 2 is 1.78 bits per heavy atom. The zero-order valence-corrected chi connectivity index (χ0v) is 33.4. The number of anilines is 1. The van der Waals surface area contributed by atoms with E-state index in [0.717, 1.165) is 53.7 Å². The zero-order chi connectivity index (χ0) is 39.7. The number of carbonyl (C=O) groups excluding carboxylic acids is 3. The van der Waals surface area contributed by atoms with E-state index >= 15 is 0 Å². The second-order valence-corrected chi connectivity index (χ2v) is 16.3. The number of aryl methyl sites for hydroxylation is 2. The molecule has 2 aromatic carbocycles. The van der Waals surface area contributed by atoms with Crippen LogP contribution in [-0.2, 0) is 41.9 Å². The summed E-state index contributed by atoms with van der Waals surface area (Å²) in [6, 6.07) is 17.4. The number of hydrogen-bond acceptors (Lipinski definition) is 8. The van der Waals surface area contributed by atoms with Crippen LogP contribution in [-0.4, -0.2) is 74.4 Å². The number of rotatable bonds is 18. The number of aliphatic carboxylic acids is 1. The number of amides is 2. The van der Waals surface area contributed by atoms with Crippen molar-refractivity contribution in [3.05, 3.63) is 105 Å². The van der Waals surface area contributed by atoms with Crippen molar-refractivity contribution in [2.75, 3.05) is 25.5 Å². The molecule has 1 aliphatic rings. The molecule has 12 heteroatoms. The predicted molar refractivity (Wildman–Crippen MR) is 214 cm³/mol. The van der Waals surface area contributed by atoms with E-state index in [1.54, 1.807) is 41.2 Å². The summed E-state index contributed by atoms with van der Waals surface area (Å²) in [4.78, 5) is 56.7. The fourth-order valence-corrected chi connectivity index (χ4v) is 8.74. The summed E-state index contributed by atoms with van der Waals surface area (Å²) in [5, 5.41) is 26.4. The van der Waals surface area contributed by atoms with Crippen LogP contribution in [0.2, 0.25) is 0 Å². The number of carbonyl (C=O) groups is 4. The molecule has 0 spiro atoms. The first-order chi connectivity index (χ1) is 26.3. The minimum atomic E-state index is -0.991. The molecule has 11 nitrogen and oxygen atoms in total. The average molecular weight is 765 g/mol. The van der Waals surface area contributed by atoms with Gasteiger partial charge in [0.2, 0.25) is 5.91 Å². The first-order valence-electron chi connectivity index (χ1n) is 19.1. The third-order valence-corrected chi connectivity index (χ3v) is 11.7. The maximum absolute atomic E-state index is 14.3. The number of aromatic nitrogens is 2. The lowest BCUT2D eigenvalue weighted by atomic mass is 9.76. The highest BCUT2D eigenvalue weighted by atomic mass is 32.1. The van der Waals surface area contributed by atoms with Crippen LogP contribution in [0.4, 0.5) is 5.00 Å². The second-order valence-electron chi connectivity index (χ2n) is 15.2. The number of benzene rings is 2. The van der Waals surface area contributed by atoms with Gasteiger partial charge < -0.3 is 15.3 Å². The van der Waals surface area contributed by atoms with Crippen molar-refractivity contribution in [3.8, 4) is 6.07 Å². The monoisotopic (exact) mass is 764 g/mol. The van der Waals surface area contributed by atoms with Crippen molar-refractivity contribution in [2.45, 2.75) is 98.2 Å². The van der Waals surface area contributed by atoms with E-state index in [9.17, 15) is 24.4 Å². The lowest BCUT2D eigenvalue weighted by molar-refractivity contribution is -0.140. The fraction of sp³-hybridized carbons (Fsp3) is 0.442. The molecular formula is C43H52N6O5S. The Balaban J connectivity index is 1.33. The van der Waals surface area contributed by atoms with Gasteiger partial charge in [-0.05, 0) is 84.9 Å². The molecule has 0 unspecified atom stereocenters. The highest BCUT2D eigenvalue weighted by Crippen LogP contribution is 2.44. The van der Waals surface area contributed by atoms with Crippen LogP contribution in [0.1, 0.15) is 113 Å². The third kappa shape index (κ3) is 10.8. The SMILES string of the molecule is CCC(CC)N(CCN(C)C(=O)CCC(=O)O)Cc1cccc(C(=O)Nc2sc3c(c2C(=O)c2cnn(CCc4cccc(C#N)c4)c2)CCC(C)(C)C3)c1. The quantitative estimate of drug-likeness (QED) is 0.0999. The Hall–Kier alpha value is -5.12. The van der Waals surface area contributed by atoms with E-state index in [1.807, 2.05) is 36.4 Å². The van der Waals surface area contributed by atoms with Crippen LogP contribution in [0.15, 0.2) is 60.9 Å². The number of ketones is 1. The molecule has 0 saturated heterocycles. The molecule has 2 aromatic heterocycles. The largest absolute Gasteiger partial charge is 0.481 e. The molecule has 5 rings (SSSR count). The number of nitrogens with zero attached hydrogens (tertiary/aromatic N) is 5. The van der Waals surface area contributed by atoms with Crippen LogP contribution in [0.3, 0.4) is 0 Å². The van der Waals surface area contributed by atoms with Gasteiger partial charge in [0.25, 0.3) is 5.91 Å². The van der Waals surface area contributed by atoms with E-state index in [0.29, 0.717) is 59.9 Å². The van der Waals surface area contributed by atoms with Crippen molar-refractivity contribution in [1.29, 1.82) is 5.26 Å². The van der Waals surface area contributed by atoms with Gasteiger partial charge in [0.1, 0.15) is 5.00 Å². The Labute approximate surface area is 328 Å². The van der Waals surface area contributed by atoms with Crippen molar-refractivity contribution >= 4 is 39.9 Å². The number of hydrogen-bond donors (Lipinski definition) is 2. The molecule has 290 valence electrons. The Kier molecular flexibility index (Phi) is 13.8. The van der Waals surface area contributed by atoms with E-state index < -0.39 is 5.97 Å². The van der Waals surface area contributed by atoms with Gasteiger partial charge in [-0.25, -0.2) is 0 Å². The van der Waals surface area contributed by atoms with Crippen molar-refractivity contribution in [1.82, 2.24) is 19.6 Å². The Morgan fingerprint density at radius 1 is 1.04 bits per heavy atom. The minimum Gasteiger partial charge on any atom is -0.481 e. The first-order valence-corrected chi connectivity index (χ1v) is 19.9. The standard InChI is InChI=1S/C43H52N6O5S/c1-6-34(7-2)48(21-20-47(5)37(50)14-15-38(51)52)27-31-12-9-13-32(23-31)41(54)46-42-39(35-16-18-43(3,4)24-36(35)55-42)40(53)33-26-45-49(28-33)19-17-29-10-8-11-30(22-29)25-44/h8-13,22-23,26,28,34H,6-7,14-21,24,27H2,1-5H3,(H,46,54)(H,51,52). The topological polar surface area (TPSA) is 149 Å². The summed E-state index contributed by atoms with van der Waals surface area (Å²) in [5.41, 5.74) is 5.16. The molecular weight excluding hydrogens is 713 g/mol. The Morgan fingerprint density at radius 3 is 2.51 bits per heavy atom. The van der Waals surface area contributed by atoms with Gasteiger partial charge >= 0.3 is 5.97 Å². The maximum atomic E-state index is 14.3. The average Bonchev–Trinajstić information content (AvgIpc) is 3.79. The number of nitriles is 1. The summed E-state index contributed by atoms with van der Waals surface area (Å²) in [6.07, 6.45) is 8.14. The van der Waals surface area contributed by atoms with Crippen LogP contribution in [0, 0.1) is 16.7 Å². The summed E-state index contributed by atoms with van der Waals surface area (Å²) in [5.74, 6) is -1.64. The Bertz CT molecular complexity index is 2060. The molecule has 1 aliphatic carbocycles. The lowest BCUT2D eigenvalue weighted by Gasteiger charge is -2.32. The highest BCUT2D eigenvalue weighted by Gasteiger charge is 2.33. The normalized spacial score (nSPS) is 13.3. The van der Waals surface area contributed by atoms with Crippen molar-refractivity contribution < 1.29 is 24.3 Å². The number of fused-ring (bicyclic) bond motifs is 1. The fourth-order valence-electron chi connectivity index (χ4n) is 7.25. The van der Waals surface area contributed by atoms with Gasteiger partial charge in [0.15, 0.2) is 5.78 Å². The van der Waals surface area contributed by atoms with Crippen LogP contribution < -0.4 is 5.32 Å². The van der Waals surface area contributed by atoms with Gasteiger partial charge in [-0.15, -0.1) is 11.3 Å². The summed E-state index contributed by atoms with van der Waals surface area (Å²) in [6.45, 7) is 10.9. The number of thiophene rings is 1. The van der Waals surface area contributed by atoms with Crippen molar-refractivity contribution in [3.63, 3.8) is 0 Å².